The summed E-state index contributed by atoms with van der Waals surface area (Å²) >= 11 is 0. The number of nitrogens with zero attached hydrogens (tertiary/aromatic N) is 6. The number of benzene rings is 1. The van der Waals surface area contributed by atoms with Crippen LogP contribution in [0.25, 0.3) is 5.82 Å². The van der Waals surface area contributed by atoms with Crippen LogP contribution in [-0.4, -0.2) is 56.0 Å². The molecule has 0 unspecified atom stereocenters. The summed E-state index contributed by atoms with van der Waals surface area (Å²) in [6.07, 6.45) is 6.91. The molecular weight excluding hydrogens is 462 g/mol. The topological polar surface area (TPSA) is 142 Å². The second kappa shape index (κ2) is 9.18. The average molecular weight is 482 g/mol. The highest BCUT2D eigenvalue weighted by molar-refractivity contribution is 6.02. The van der Waals surface area contributed by atoms with Gasteiger partial charge in [-0.3, -0.25) is 4.79 Å². The van der Waals surface area contributed by atoms with E-state index in [1.54, 1.807) is 0 Å². The molecule has 0 saturated carbocycles. The fourth-order valence-electron chi connectivity index (χ4n) is 4.31. The van der Waals surface area contributed by atoms with Gasteiger partial charge in [-0.05, 0) is 24.3 Å². The summed E-state index contributed by atoms with van der Waals surface area (Å²) in [6, 6.07) is 3.75. The fourth-order valence-corrected chi connectivity index (χ4v) is 4.31. The summed E-state index contributed by atoms with van der Waals surface area (Å²) in [4.78, 5) is 29.1. The van der Waals surface area contributed by atoms with Crippen molar-refractivity contribution in [2.45, 2.75) is 18.1 Å². The Hall–Kier alpha value is -4.26. The first kappa shape index (κ1) is 22.5. The molecule has 11 nitrogen and oxygen atoms in total. The Bertz CT molecular complexity index is 1280. The normalized spacial score (nSPS) is 23.9. The third-order valence-corrected chi connectivity index (χ3v) is 5.92. The molecule has 1 fully saturated rings. The molecule has 2 aliphatic rings. The molecule has 3 N–H and O–H groups in total. The Labute approximate surface area is 197 Å². The van der Waals surface area contributed by atoms with Crippen LogP contribution >= 0.6 is 0 Å². The molecule has 5 rings (SSSR count). The molecule has 0 spiro atoms. The van der Waals surface area contributed by atoms with Crippen molar-refractivity contribution in [1.82, 2.24) is 24.7 Å². The molecule has 1 amide bonds. The Morgan fingerprint density at radius 2 is 2.20 bits per heavy atom. The first-order valence-corrected chi connectivity index (χ1v) is 10.7. The third-order valence-electron chi connectivity index (χ3n) is 5.92. The second-order valence-corrected chi connectivity index (χ2v) is 7.94. The van der Waals surface area contributed by atoms with Gasteiger partial charge in [0.05, 0.1) is 37.9 Å². The maximum Gasteiger partial charge on any atom is 0.283 e. The van der Waals surface area contributed by atoms with Crippen molar-refractivity contribution < 1.29 is 23.0 Å². The second-order valence-electron chi connectivity index (χ2n) is 7.94. The van der Waals surface area contributed by atoms with Gasteiger partial charge < -0.3 is 20.5 Å². The number of carbonyl (C=O) groups excluding carboxylic acids is 1. The zero-order chi connectivity index (χ0) is 24.4. The van der Waals surface area contributed by atoms with Crippen LogP contribution in [-0.2, 0) is 15.0 Å². The molecular formula is C22H20F2N8O3. The van der Waals surface area contributed by atoms with E-state index in [0.717, 1.165) is 12.1 Å². The number of aliphatic imine (C=N–C) groups is 1. The van der Waals surface area contributed by atoms with Crippen LogP contribution in [0, 0.1) is 11.7 Å². The SMILES string of the molecule is NC1=N[C@](/C=C/F)(c2cc(NC(=O)c3cnc(-n4cncn4)cn3)ccc2F)[C@H]2COCC[C@H]2O1. The summed E-state index contributed by atoms with van der Waals surface area (Å²) < 4.78 is 41.3. The van der Waals surface area contributed by atoms with Crippen molar-refractivity contribution in [3.63, 3.8) is 0 Å². The summed E-state index contributed by atoms with van der Waals surface area (Å²) in [7, 11) is 0. The van der Waals surface area contributed by atoms with E-state index < -0.39 is 29.3 Å². The van der Waals surface area contributed by atoms with Crippen molar-refractivity contribution >= 4 is 17.6 Å². The van der Waals surface area contributed by atoms with E-state index in [4.69, 9.17) is 15.2 Å². The van der Waals surface area contributed by atoms with E-state index in [-0.39, 0.29) is 29.6 Å². The van der Waals surface area contributed by atoms with Gasteiger partial charge >= 0.3 is 0 Å². The van der Waals surface area contributed by atoms with Crippen LogP contribution in [0.5, 0.6) is 0 Å². The molecule has 3 atom stereocenters. The van der Waals surface area contributed by atoms with Crippen LogP contribution in [0.1, 0.15) is 22.5 Å². The lowest BCUT2D eigenvalue weighted by molar-refractivity contribution is -0.0639. The standard InChI is InChI=1S/C22H20F2N8O3/c23-5-4-22(15-10-34-6-3-18(15)35-21(25)31-22)14-7-13(1-2-16(14)24)30-20(33)17-8-28-19(9-27-17)32-12-26-11-29-32/h1-2,4-5,7-9,11-12,15,18H,3,6,10H2,(H2,25,31)(H,30,33)/b5-4+/t15-,18+,22+/m0/s1. The lowest BCUT2D eigenvalue weighted by Gasteiger charge is -2.45. The van der Waals surface area contributed by atoms with Gasteiger partial charge in [-0.15, -0.1) is 0 Å². The Kier molecular flexibility index (Phi) is 5.91. The zero-order valence-electron chi connectivity index (χ0n) is 18.2. The van der Waals surface area contributed by atoms with E-state index in [2.05, 4.69) is 30.4 Å². The van der Waals surface area contributed by atoms with Crippen LogP contribution in [0.2, 0.25) is 0 Å². The molecule has 180 valence electrons. The van der Waals surface area contributed by atoms with Gasteiger partial charge in [0.15, 0.2) is 5.82 Å². The number of aromatic nitrogens is 5. The fraction of sp³-hybridized carbons (Fsp3) is 0.273. The molecule has 1 aromatic carbocycles. The Morgan fingerprint density at radius 3 is 2.94 bits per heavy atom. The molecule has 0 radical (unpaired) electrons. The number of fused-ring (bicyclic) bond motifs is 1. The van der Waals surface area contributed by atoms with Crippen molar-refractivity contribution in [3.05, 3.63) is 72.7 Å². The molecule has 2 aromatic heterocycles. The highest BCUT2D eigenvalue weighted by atomic mass is 19.1. The van der Waals surface area contributed by atoms with Gasteiger partial charge in [0.2, 0.25) is 0 Å². The largest absolute Gasteiger partial charge is 0.462 e. The van der Waals surface area contributed by atoms with Gasteiger partial charge in [0, 0.05) is 17.7 Å². The minimum Gasteiger partial charge on any atom is -0.462 e. The number of carbonyl (C=O) groups is 1. The third kappa shape index (κ3) is 4.21. The molecule has 13 heteroatoms. The van der Waals surface area contributed by atoms with Crippen LogP contribution in [0.4, 0.5) is 14.5 Å². The molecule has 3 aromatic rings. The number of hydrogen-bond acceptors (Lipinski definition) is 9. The minimum atomic E-state index is -1.52. The van der Waals surface area contributed by atoms with Crippen LogP contribution in [0.3, 0.4) is 0 Å². The molecule has 0 aliphatic carbocycles. The van der Waals surface area contributed by atoms with Gasteiger partial charge in [0.25, 0.3) is 11.9 Å². The first-order valence-electron chi connectivity index (χ1n) is 10.7. The number of halogens is 2. The highest BCUT2D eigenvalue weighted by Crippen LogP contribution is 2.45. The molecule has 35 heavy (non-hydrogen) atoms. The van der Waals surface area contributed by atoms with Crippen LogP contribution in [0.15, 0.2) is 60.6 Å². The van der Waals surface area contributed by atoms with Gasteiger partial charge in [-0.2, -0.15) is 5.10 Å². The van der Waals surface area contributed by atoms with E-state index in [0.29, 0.717) is 25.2 Å². The predicted octanol–water partition coefficient (Wildman–Crippen LogP) is 1.88. The number of amides is 1. The molecule has 0 bridgehead atoms. The average Bonchev–Trinajstić information content (AvgIpc) is 3.40. The summed E-state index contributed by atoms with van der Waals surface area (Å²) in [6.45, 7) is 0.592. The summed E-state index contributed by atoms with van der Waals surface area (Å²) in [5.74, 6) is -1.39. The Balaban J connectivity index is 1.46. The smallest absolute Gasteiger partial charge is 0.283 e. The van der Waals surface area contributed by atoms with Crippen molar-refractivity contribution in [2.24, 2.45) is 16.6 Å². The molecule has 4 heterocycles. The van der Waals surface area contributed by atoms with Gasteiger partial charge in [0.1, 0.15) is 35.8 Å². The zero-order valence-corrected chi connectivity index (χ0v) is 18.2. The van der Waals surface area contributed by atoms with E-state index >= 15 is 4.39 Å². The predicted molar refractivity (Wildman–Crippen MR) is 119 cm³/mol. The summed E-state index contributed by atoms with van der Waals surface area (Å²) in [5, 5.41) is 6.60. The number of hydrogen-bond donors (Lipinski definition) is 2. The van der Waals surface area contributed by atoms with Crippen molar-refractivity contribution in [2.75, 3.05) is 18.5 Å². The first-order chi connectivity index (χ1) is 17.0. The lowest BCUT2D eigenvalue weighted by atomic mass is 9.73. The van der Waals surface area contributed by atoms with Crippen molar-refractivity contribution in [1.29, 1.82) is 0 Å². The number of nitrogens with two attached hydrogens (primary N) is 1. The van der Waals surface area contributed by atoms with Gasteiger partial charge in [-0.25, -0.2) is 33.4 Å². The number of amidine groups is 1. The number of nitrogens with one attached hydrogen (secondary N) is 1. The number of rotatable bonds is 5. The van der Waals surface area contributed by atoms with Crippen LogP contribution < -0.4 is 11.1 Å². The van der Waals surface area contributed by atoms with E-state index in [1.165, 1.54) is 41.9 Å². The van der Waals surface area contributed by atoms with Crippen molar-refractivity contribution in [3.8, 4) is 5.82 Å². The summed E-state index contributed by atoms with van der Waals surface area (Å²) in [5.41, 5.74) is 4.65. The number of ether oxygens (including phenoxy) is 2. The molecule has 2 aliphatic heterocycles. The number of anilines is 1. The Morgan fingerprint density at radius 1 is 1.31 bits per heavy atom. The van der Waals surface area contributed by atoms with E-state index in [9.17, 15) is 9.18 Å². The molecule has 1 saturated heterocycles. The monoisotopic (exact) mass is 482 g/mol. The minimum absolute atomic E-state index is 0.0172. The van der Waals surface area contributed by atoms with Gasteiger partial charge in [-0.1, -0.05) is 0 Å². The van der Waals surface area contributed by atoms with E-state index in [1.807, 2.05) is 0 Å². The maximum atomic E-state index is 15.2. The highest BCUT2D eigenvalue weighted by Gasteiger charge is 2.50. The maximum absolute atomic E-state index is 15.2. The quantitative estimate of drug-likeness (QED) is 0.561. The lowest BCUT2D eigenvalue weighted by Crippen LogP contribution is -2.52.